The zero-order valence-corrected chi connectivity index (χ0v) is 14.9. The Labute approximate surface area is 154 Å². The van der Waals surface area contributed by atoms with E-state index in [4.69, 9.17) is 9.47 Å². The average Bonchev–Trinajstić information content (AvgIpc) is 2.66. The number of nitrogens with one attached hydrogen (secondary N) is 1. The first-order valence-electron chi connectivity index (χ1n) is 7.97. The van der Waals surface area contributed by atoms with E-state index in [1.54, 1.807) is 30.3 Å². The van der Waals surface area contributed by atoms with E-state index >= 15 is 0 Å². The van der Waals surface area contributed by atoms with Gasteiger partial charge in [0.2, 0.25) is 11.7 Å². The lowest BCUT2D eigenvalue weighted by molar-refractivity contribution is -0.143. The maximum absolute atomic E-state index is 12.2. The van der Waals surface area contributed by atoms with Gasteiger partial charge in [0.1, 0.15) is 5.75 Å². The van der Waals surface area contributed by atoms with Crippen molar-refractivity contribution in [3.63, 3.8) is 0 Å². The van der Waals surface area contributed by atoms with Crippen LogP contribution in [0.2, 0.25) is 0 Å². The summed E-state index contributed by atoms with van der Waals surface area (Å²) >= 11 is 1.31. The lowest BCUT2D eigenvalue weighted by Gasteiger charge is -2.23. The maximum atomic E-state index is 12.2. The molecule has 7 heteroatoms. The Kier molecular flexibility index (Phi) is 5.58. The van der Waals surface area contributed by atoms with Crippen LogP contribution in [0.4, 0.5) is 5.69 Å². The third-order valence-electron chi connectivity index (χ3n) is 3.83. The number of rotatable bonds is 6. The SMILES string of the molecule is COc1ccccc1C(=O)COC(=O)C[C@H]1Sc2ccccc2NC1=O. The Morgan fingerprint density at radius 2 is 1.85 bits per heavy atom. The van der Waals surface area contributed by atoms with Gasteiger partial charge in [0.25, 0.3) is 0 Å². The number of anilines is 1. The molecule has 1 amide bonds. The van der Waals surface area contributed by atoms with E-state index in [0.29, 0.717) is 11.3 Å². The Balaban J connectivity index is 1.56. The van der Waals surface area contributed by atoms with Crippen molar-refractivity contribution in [3.8, 4) is 5.75 Å². The van der Waals surface area contributed by atoms with Crippen molar-refractivity contribution < 1.29 is 23.9 Å². The molecule has 1 atom stereocenters. The van der Waals surface area contributed by atoms with E-state index in [1.807, 2.05) is 18.2 Å². The molecule has 6 nitrogen and oxygen atoms in total. The molecular formula is C19H17NO5S. The van der Waals surface area contributed by atoms with Gasteiger partial charge in [-0.05, 0) is 24.3 Å². The zero-order chi connectivity index (χ0) is 18.5. The fourth-order valence-electron chi connectivity index (χ4n) is 2.54. The number of benzene rings is 2. The van der Waals surface area contributed by atoms with E-state index in [-0.39, 0.29) is 18.1 Å². The number of carbonyl (C=O) groups excluding carboxylic acids is 3. The van der Waals surface area contributed by atoms with Gasteiger partial charge < -0.3 is 14.8 Å². The molecule has 3 rings (SSSR count). The summed E-state index contributed by atoms with van der Waals surface area (Å²) in [6.45, 7) is -0.394. The molecular weight excluding hydrogens is 354 g/mol. The van der Waals surface area contributed by atoms with Crippen LogP contribution in [-0.4, -0.2) is 36.6 Å². The number of esters is 1. The molecule has 0 unspecified atom stereocenters. The summed E-state index contributed by atoms with van der Waals surface area (Å²) in [5, 5.41) is 2.19. The average molecular weight is 371 g/mol. The summed E-state index contributed by atoms with van der Waals surface area (Å²) in [5.74, 6) is -0.781. The zero-order valence-electron chi connectivity index (χ0n) is 14.1. The van der Waals surface area contributed by atoms with Gasteiger partial charge >= 0.3 is 5.97 Å². The molecule has 1 N–H and O–H groups in total. The summed E-state index contributed by atoms with van der Waals surface area (Å²) in [4.78, 5) is 37.3. The van der Waals surface area contributed by atoms with E-state index < -0.39 is 17.8 Å². The lowest BCUT2D eigenvalue weighted by Crippen LogP contribution is -2.31. The molecule has 0 aliphatic carbocycles. The highest BCUT2D eigenvalue weighted by Gasteiger charge is 2.29. The van der Waals surface area contributed by atoms with Gasteiger partial charge in [-0.1, -0.05) is 24.3 Å². The smallest absolute Gasteiger partial charge is 0.307 e. The Hall–Kier alpha value is -2.80. The van der Waals surface area contributed by atoms with Gasteiger partial charge in [0.05, 0.1) is 30.0 Å². The molecule has 26 heavy (non-hydrogen) atoms. The topological polar surface area (TPSA) is 81.7 Å². The van der Waals surface area contributed by atoms with Crippen LogP contribution in [0.3, 0.4) is 0 Å². The number of amides is 1. The molecule has 2 aromatic carbocycles. The van der Waals surface area contributed by atoms with Crippen molar-refractivity contribution in [1.82, 2.24) is 0 Å². The minimum Gasteiger partial charge on any atom is -0.496 e. The predicted octanol–water partition coefficient (Wildman–Crippen LogP) is 2.92. The monoisotopic (exact) mass is 371 g/mol. The molecule has 0 saturated carbocycles. The van der Waals surface area contributed by atoms with Crippen LogP contribution < -0.4 is 10.1 Å². The molecule has 134 valence electrons. The number of hydrogen-bond acceptors (Lipinski definition) is 6. The van der Waals surface area contributed by atoms with Gasteiger partial charge in [-0.3, -0.25) is 14.4 Å². The molecule has 0 spiro atoms. The van der Waals surface area contributed by atoms with Crippen molar-refractivity contribution >= 4 is 35.1 Å². The van der Waals surface area contributed by atoms with Gasteiger partial charge in [0, 0.05) is 4.90 Å². The van der Waals surface area contributed by atoms with E-state index in [1.165, 1.54) is 18.9 Å². The van der Waals surface area contributed by atoms with Gasteiger partial charge in [-0.25, -0.2) is 0 Å². The lowest BCUT2D eigenvalue weighted by atomic mass is 10.1. The quantitative estimate of drug-likeness (QED) is 0.621. The number of carbonyl (C=O) groups is 3. The van der Waals surface area contributed by atoms with Gasteiger partial charge in [-0.15, -0.1) is 11.8 Å². The highest BCUT2D eigenvalue weighted by Crippen LogP contribution is 2.36. The third kappa shape index (κ3) is 4.05. The van der Waals surface area contributed by atoms with Crippen LogP contribution in [0, 0.1) is 0 Å². The molecule has 1 aliphatic rings. The molecule has 1 heterocycles. The summed E-state index contributed by atoms with van der Waals surface area (Å²) in [5.41, 5.74) is 1.08. The molecule has 0 bridgehead atoms. The minimum atomic E-state index is -0.597. The number of methoxy groups -OCH3 is 1. The van der Waals surface area contributed by atoms with E-state index in [2.05, 4.69) is 5.32 Å². The highest BCUT2D eigenvalue weighted by atomic mass is 32.2. The van der Waals surface area contributed by atoms with E-state index in [0.717, 1.165) is 10.6 Å². The Morgan fingerprint density at radius 3 is 2.65 bits per heavy atom. The number of Topliss-reactive ketones (excluding diaryl/α,β-unsaturated/α-hetero) is 1. The fraction of sp³-hybridized carbons (Fsp3) is 0.211. The molecule has 0 aromatic heterocycles. The van der Waals surface area contributed by atoms with Crippen LogP contribution in [-0.2, 0) is 14.3 Å². The summed E-state index contributed by atoms with van der Waals surface area (Å²) in [6.07, 6.45) is -0.107. The van der Waals surface area contributed by atoms with Crippen molar-refractivity contribution in [3.05, 3.63) is 54.1 Å². The fourth-order valence-corrected chi connectivity index (χ4v) is 3.63. The summed E-state index contributed by atoms with van der Waals surface area (Å²) in [7, 11) is 1.47. The minimum absolute atomic E-state index is 0.107. The number of para-hydroxylation sites is 2. The first-order valence-corrected chi connectivity index (χ1v) is 8.85. The summed E-state index contributed by atoms with van der Waals surface area (Å²) < 4.78 is 10.2. The Morgan fingerprint density at radius 1 is 1.12 bits per heavy atom. The first kappa shape index (κ1) is 18.0. The van der Waals surface area contributed by atoms with Crippen molar-refractivity contribution in [2.45, 2.75) is 16.6 Å². The number of fused-ring (bicyclic) bond motifs is 1. The molecule has 1 aliphatic heterocycles. The molecule has 0 radical (unpaired) electrons. The van der Waals surface area contributed by atoms with Crippen LogP contribution in [0.25, 0.3) is 0 Å². The second-order valence-electron chi connectivity index (χ2n) is 5.58. The van der Waals surface area contributed by atoms with E-state index in [9.17, 15) is 14.4 Å². The van der Waals surface area contributed by atoms with Gasteiger partial charge in [0.15, 0.2) is 6.61 Å². The highest BCUT2D eigenvalue weighted by molar-refractivity contribution is 8.01. The van der Waals surface area contributed by atoms with Crippen LogP contribution in [0.15, 0.2) is 53.4 Å². The standard InChI is InChI=1S/C19H17NO5S/c1-24-15-8-4-2-6-12(15)14(21)11-25-18(22)10-17-19(23)20-13-7-3-5-9-16(13)26-17/h2-9,17H,10-11H2,1H3,(H,20,23)/t17-/m1/s1. The number of ether oxygens (including phenoxy) is 2. The Bertz CT molecular complexity index is 851. The van der Waals surface area contributed by atoms with Gasteiger partial charge in [-0.2, -0.15) is 0 Å². The van der Waals surface area contributed by atoms with Crippen LogP contribution in [0.1, 0.15) is 16.8 Å². The second kappa shape index (κ2) is 8.05. The van der Waals surface area contributed by atoms with Crippen LogP contribution in [0.5, 0.6) is 5.75 Å². The van der Waals surface area contributed by atoms with Crippen molar-refractivity contribution in [2.24, 2.45) is 0 Å². The molecule has 0 fully saturated rings. The normalized spacial score (nSPS) is 15.6. The van der Waals surface area contributed by atoms with Crippen LogP contribution >= 0.6 is 11.8 Å². The molecule has 0 saturated heterocycles. The number of ketones is 1. The summed E-state index contributed by atoms with van der Waals surface area (Å²) in [6, 6.07) is 14.1. The first-order chi connectivity index (χ1) is 12.6. The predicted molar refractivity (Wildman–Crippen MR) is 97.6 cm³/mol. The third-order valence-corrected chi connectivity index (χ3v) is 5.11. The van der Waals surface area contributed by atoms with Crippen molar-refractivity contribution in [2.75, 3.05) is 19.0 Å². The second-order valence-corrected chi connectivity index (χ2v) is 6.82. The number of thioether (sulfide) groups is 1. The number of hydrogen-bond donors (Lipinski definition) is 1. The molecule has 2 aromatic rings. The maximum Gasteiger partial charge on any atom is 0.307 e. The van der Waals surface area contributed by atoms with Crippen molar-refractivity contribution in [1.29, 1.82) is 0 Å². The largest absolute Gasteiger partial charge is 0.496 e.